The summed E-state index contributed by atoms with van der Waals surface area (Å²) in [5.41, 5.74) is 1.32. The second-order valence-electron chi connectivity index (χ2n) is 4.93. The quantitative estimate of drug-likeness (QED) is 0.918. The van der Waals surface area contributed by atoms with E-state index in [9.17, 15) is 17.6 Å². The molecule has 0 heterocycles. The monoisotopic (exact) mass is 321 g/mol. The molecule has 0 saturated heterocycles. The Kier molecular flexibility index (Phi) is 4.92. The van der Waals surface area contributed by atoms with Gasteiger partial charge in [0.1, 0.15) is 5.82 Å². The Morgan fingerprint density at radius 1 is 1.05 bits per heavy atom. The maximum absolute atomic E-state index is 12.8. The van der Waals surface area contributed by atoms with Gasteiger partial charge in [-0.05, 0) is 48.4 Å². The molecule has 0 aromatic heterocycles. The lowest BCUT2D eigenvalue weighted by Crippen LogP contribution is -2.25. The SMILES string of the molecule is CS(=O)(=O)c1ccc(C(=O)NCCc2ccc(F)cc2)cc1. The topological polar surface area (TPSA) is 63.2 Å². The molecule has 0 fully saturated rings. The number of carbonyl (C=O) groups is 1. The van der Waals surface area contributed by atoms with Gasteiger partial charge in [-0.3, -0.25) is 4.79 Å². The zero-order valence-corrected chi connectivity index (χ0v) is 12.9. The minimum Gasteiger partial charge on any atom is -0.352 e. The van der Waals surface area contributed by atoms with Gasteiger partial charge in [0.25, 0.3) is 5.91 Å². The predicted molar refractivity (Wildman–Crippen MR) is 82.0 cm³/mol. The lowest BCUT2D eigenvalue weighted by molar-refractivity contribution is 0.0954. The van der Waals surface area contributed by atoms with Crippen LogP contribution in [0, 0.1) is 5.82 Å². The van der Waals surface area contributed by atoms with Crippen LogP contribution in [0.5, 0.6) is 0 Å². The number of hydrogen-bond acceptors (Lipinski definition) is 3. The first-order valence-corrected chi connectivity index (χ1v) is 8.58. The van der Waals surface area contributed by atoms with Crippen molar-refractivity contribution < 1.29 is 17.6 Å². The molecular weight excluding hydrogens is 305 g/mol. The lowest BCUT2D eigenvalue weighted by atomic mass is 10.1. The standard InChI is InChI=1S/C16H16FNO3S/c1-22(20,21)15-8-4-13(5-9-15)16(19)18-11-10-12-2-6-14(17)7-3-12/h2-9H,10-11H2,1H3,(H,18,19). The van der Waals surface area contributed by atoms with Gasteiger partial charge in [0, 0.05) is 18.4 Å². The van der Waals surface area contributed by atoms with Gasteiger partial charge in [-0.25, -0.2) is 12.8 Å². The number of nitrogens with one attached hydrogen (secondary N) is 1. The van der Waals surface area contributed by atoms with Crippen molar-refractivity contribution in [1.82, 2.24) is 5.32 Å². The Hall–Kier alpha value is -2.21. The average molecular weight is 321 g/mol. The summed E-state index contributed by atoms with van der Waals surface area (Å²) in [5.74, 6) is -0.569. The number of hydrogen-bond donors (Lipinski definition) is 1. The Balaban J connectivity index is 1.91. The summed E-state index contributed by atoms with van der Waals surface area (Å²) >= 11 is 0. The van der Waals surface area contributed by atoms with E-state index >= 15 is 0 Å². The van der Waals surface area contributed by atoms with Gasteiger partial charge < -0.3 is 5.32 Å². The fourth-order valence-electron chi connectivity index (χ4n) is 1.93. The first-order chi connectivity index (χ1) is 10.4. The second kappa shape index (κ2) is 6.70. The minimum absolute atomic E-state index is 0.176. The number of carbonyl (C=O) groups excluding carboxylic acids is 1. The van der Waals surface area contributed by atoms with Gasteiger partial charge in [-0.15, -0.1) is 0 Å². The van der Waals surface area contributed by atoms with E-state index in [0.29, 0.717) is 18.5 Å². The van der Waals surface area contributed by atoms with Gasteiger partial charge in [0.05, 0.1) is 4.90 Å². The van der Waals surface area contributed by atoms with E-state index < -0.39 is 9.84 Å². The molecule has 4 nitrogen and oxygen atoms in total. The molecule has 0 saturated carbocycles. The maximum Gasteiger partial charge on any atom is 0.251 e. The van der Waals surface area contributed by atoms with Crippen LogP contribution in [0.3, 0.4) is 0 Å². The van der Waals surface area contributed by atoms with Gasteiger partial charge in [-0.2, -0.15) is 0 Å². The highest BCUT2D eigenvalue weighted by Crippen LogP contribution is 2.10. The van der Waals surface area contributed by atoms with Gasteiger partial charge in [-0.1, -0.05) is 12.1 Å². The zero-order valence-electron chi connectivity index (χ0n) is 12.0. The summed E-state index contributed by atoms with van der Waals surface area (Å²) in [5, 5.41) is 2.74. The van der Waals surface area contributed by atoms with E-state index in [2.05, 4.69) is 5.32 Å². The summed E-state index contributed by atoms with van der Waals surface area (Å²) in [6.45, 7) is 0.415. The van der Waals surface area contributed by atoms with Crippen molar-refractivity contribution in [3.63, 3.8) is 0 Å². The molecule has 0 bridgehead atoms. The molecule has 0 aliphatic rings. The van der Waals surface area contributed by atoms with E-state index in [0.717, 1.165) is 11.8 Å². The minimum atomic E-state index is -3.26. The van der Waals surface area contributed by atoms with Crippen molar-refractivity contribution >= 4 is 15.7 Å². The van der Waals surface area contributed by atoms with E-state index in [-0.39, 0.29) is 16.6 Å². The van der Waals surface area contributed by atoms with Gasteiger partial charge in [0.15, 0.2) is 9.84 Å². The van der Waals surface area contributed by atoms with Crippen LogP contribution in [-0.2, 0) is 16.3 Å². The van der Waals surface area contributed by atoms with Crippen LogP contribution in [0.15, 0.2) is 53.4 Å². The first kappa shape index (κ1) is 16.2. The molecule has 2 aromatic carbocycles. The van der Waals surface area contributed by atoms with Crippen molar-refractivity contribution in [2.24, 2.45) is 0 Å². The van der Waals surface area contributed by atoms with Gasteiger partial charge >= 0.3 is 0 Å². The van der Waals surface area contributed by atoms with Crippen molar-refractivity contribution in [1.29, 1.82) is 0 Å². The molecule has 22 heavy (non-hydrogen) atoms. The summed E-state index contributed by atoms with van der Waals surface area (Å²) in [6.07, 6.45) is 1.71. The molecule has 0 atom stereocenters. The molecule has 0 unspecified atom stereocenters. The molecule has 2 aromatic rings. The summed E-state index contributed by atoms with van der Waals surface area (Å²) in [4.78, 5) is 12.1. The summed E-state index contributed by atoms with van der Waals surface area (Å²) in [7, 11) is -3.26. The fraction of sp³-hybridized carbons (Fsp3) is 0.188. The fourth-order valence-corrected chi connectivity index (χ4v) is 2.56. The zero-order chi connectivity index (χ0) is 16.2. The number of halogens is 1. The normalized spacial score (nSPS) is 11.2. The molecule has 0 aliphatic heterocycles. The maximum atomic E-state index is 12.8. The number of amides is 1. The highest BCUT2D eigenvalue weighted by atomic mass is 32.2. The molecule has 1 N–H and O–H groups in total. The van der Waals surface area contributed by atoms with E-state index in [4.69, 9.17) is 0 Å². The Labute approximate surface area is 128 Å². The van der Waals surface area contributed by atoms with Crippen LogP contribution in [0.4, 0.5) is 4.39 Å². The van der Waals surface area contributed by atoms with Crippen LogP contribution in [-0.4, -0.2) is 27.1 Å². The van der Waals surface area contributed by atoms with Crippen molar-refractivity contribution in [2.45, 2.75) is 11.3 Å². The van der Waals surface area contributed by atoms with E-state index in [1.165, 1.54) is 36.4 Å². The number of sulfone groups is 1. The Morgan fingerprint density at radius 3 is 2.18 bits per heavy atom. The largest absolute Gasteiger partial charge is 0.352 e. The van der Waals surface area contributed by atoms with E-state index in [1.807, 2.05) is 0 Å². The third-order valence-electron chi connectivity index (χ3n) is 3.16. The molecule has 0 aliphatic carbocycles. The number of benzene rings is 2. The van der Waals surface area contributed by atoms with Crippen LogP contribution >= 0.6 is 0 Å². The molecule has 6 heteroatoms. The Morgan fingerprint density at radius 2 is 1.64 bits per heavy atom. The molecule has 116 valence electrons. The Bertz CT molecular complexity index is 753. The van der Waals surface area contributed by atoms with Gasteiger partial charge in [0.2, 0.25) is 0 Å². The highest BCUT2D eigenvalue weighted by Gasteiger charge is 2.09. The predicted octanol–water partition coefficient (Wildman–Crippen LogP) is 2.20. The number of rotatable bonds is 5. The average Bonchev–Trinajstić information content (AvgIpc) is 2.48. The lowest BCUT2D eigenvalue weighted by Gasteiger charge is -2.06. The van der Waals surface area contributed by atoms with Crippen molar-refractivity contribution in [2.75, 3.05) is 12.8 Å². The summed E-state index contributed by atoms with van der Waals surface area (Å²) in [6, 6.07) is 11.9. The third kappa shape index (κ3) is 4.39. The summed E-state index contributed by atoms with van der Waals surface area (Å²) < 4.78 is 35.4. The van der Waals surface area contributed by atoms with Crippen LogP contribution in [0.25, 0.3) is 0 Å². The molecule has 2 rings (SSSR count). The van der Waals surface area contributed by atoms with Crippen LogP contribution in [0.2, 0.25) is 0 Å². The molecule has 0 radical (unpaired) electrons. The van der Waals surface area contributed by atoms with E-state index in [1.54, 1.807) is 12.1 Å². The second-order valence-corrected chi connectivity index (χ2v) is 6.94. The molecular formula is C16H16FNO3S. The van der Waals surface area contributed by atoms with Crippen LogP contribution < -0.4 is 5.32 Å². The van der Waals surface area contributed by atoms with Crippen molar-refractivity contribution in [3.05, 3.63) is 65.5 Å². The smallest absolute Gasteiger partial charge is 0.251 e. The third-order valence-corrected chi connectivity index (χ3v) is 4.29. The molecule has 1 amide bonds. The van der Waals surface area contributed by atoms with Crippen molar-refractivity contribution in [3.8, 4) is 0 Å². The highest BCUT2D eigenvalue weighted by molar-refractivity contribution is 7.90. The van der Waals surface area contributed by atoms with Crippen LogP contribution in [0.1, 0.15) is 15.9 Å². The first-order valence-electron chi connectivity index (χ1n) is 6.69. The molecule has 0 spiro atoms.